The van der Waals surface area contributed by atoms with E-state index in [-0.39, 0.29) is 5.56 Å². The van der Waals surface area contributed by atoms with Crippen molar-refractivity contribution in [3.05, 3.63) is 21.6 Å². The van der Waals surface area contributed by atoms with Gasteiger partial charge in [0.25, 0.3) is 5.56 Å². The van der Waals surface area contributed by atoms with Gasteiger partial charge in [0.05, 0.1) is 11.3 Å². The minimum atomic E-state index is -0.0667. The second kappa shape index (κ2) is 2.71. The molecule has 3 rings (SSSR count). The summed E-state index contributed by atoms with van der Waals surface area (Å²) >= 11 is 2.95. The Balaban J connectivity index is 2.49. The molecular formula is C7H6N4OS2. The highest BCUT2D eigenvalue weighted by Crippen LogP contribution is 2.26. The number of nitrogens with two attached hydrogens (primary N) is 1. The molecule has 0 saturated heterocycles. The van der Waals surface area contributed by atoms with Gasteiger partial charge in [0.1, 0.15) is 0 Å². The summed E-state index contributed by atoms with van der Waals surface area (Å²) in [5.74, 6) is 1.56. The van der Waals surface area contributed by atoms with Gasteiger partial charge in [-0.05, 0) is 0 Å². The molecule has 3 heterocycles. The van der Waals surface area contributed by atoms with E-state index in [1.54, 1.807) is 11.8 Å². The highest BCUT2D eigenvalue weighted by Gasteiger charge is 2.19. The first kappa shape index (κ1) is 8.25. The van der Waals surface area contributed by atoms with Gasteiger partial charge < -0.3 is 5.73 Å². The third kappa shape index (κ3) is 0.992. The summed E-state index contributed by atoms with van der Waals surface area (Å²) in [5, 5.41) is 4.30. The summed E-state index contributed by atoms with van der Waals surface area (Å²) in [6.45, 7) is 0. The Labute approximate surface area is 87.0 Å². The molecule has 0 saturated carbocycles. The molecule has 0 radical (unpaired) electrons. The Kier molecular flexibility index (Phi) is 1.59. The van der Waals surface area contributed by atoms with Crippen LogP contribution in [-0.4, -0.2) is 14.6 Å². The summed E-state index contributed by atoms with van der Waals surface area (Å²) in [6, 6.07) is 0. The largest absolute Gasteiger partial charge is 0.374 e. The van der Waals surface area contributed by atoms with Crippen LogP contribution in [-0.2, 0) is 11.5 Å². The fraction of sp³-hybridized carbons (Fsp3) is 0.286. The van der Waals surface area contributed by atoms with Crippen LogP contribution in [0.4, 0.5) is 5.13 Å². The summed E-state index contributed by atoms with van der Waals surface area (Å²) < 4.78 is 1.30. The second-order valence-corrected chi connectivity index (χ2v) is 4.94. The van der Waals surface area contributed by atoms with E-state index in [0.717, 1.165) is 22.8 Å². The van der Waals surface area contributed by atoms with Crippen molar-refractivity contribution in [1.29, 1.82) is 0 Å². The van der Waals surface area contributed by atoms with Crippen LogP contribution >= 0.6 is 23.1 Å². The maximum atomic E-state index is 11.8. The number of anilines is 1. The first-order chi connectivity index (χ1) is 6.75. The van der Waals surface area contributed by atoms with Crippen molar-refractivity contribution >= 4 is 33.2 Å². The molecular weight excluding hydrogens is 220 g/mol. The number of rotatable bonds is 0. The van der Waals surface area contributed by atoms with Crippen LogP contribution in [0.3, 0.4) is 0 Å². The van der Waals surface area contributed by atoms with Crippen LogP contribution in [0.5, 0.6) is 0 Å². The molecule has 0 fully saturated rings. The lowest BCUT2D eigenvalue weighted by Crippen LogP contribution is -2.19. The highest BCUT2D eigenvalue weighted by molar-refractivity contribution is 7.98. The van der Waals surface area contributed by atoms with Crippen LogP contribution in [0.15, 0.2) is 4.79 Å². The van der Waals surface area contributed by atoms with Crippen molar-refractivity contribution in [2.24, 2.45) is 0 Å². The van der Waals surface area contributed by atoms with Crippen molar-refractivity contribution in [3.8, 4) is 0 Å². The van der Waals surface area contributed by atoms with Gasteiger partial charge in [-0.2, -0.15) is 16.3 Å². The molecule has 2 N–H and O–H groups in total. The van der Waals surface area contributed by atoms with E-state index < -0.39 is 0 Å². The molecule has 14 heavy (non-hydrogen) atoms. The van der Waals surface area contributed by atoms with Crippen LogP contribution in [0.25, 0.3) is 4.96 Å². The van der Waals surface area contributed by atoms with E-state index in [9.17, 15) is 4.79 Å². The molecule has 72 valence electrons. The van der Waals surface area contributed by atoms with Gasteiger partial charge in [-0.3, -0.25) is 4.79 Å². The van der Waals surface area contributed by atoms with E-state index in [1.165, 1.54) is 15.9 Å². The Morgan fingerprint density at radius 2 is 2.29 bits per heavy atom. The zero-order chi connectivity index (χ0) is 9.71. The van der Waals surface area contributed by atoms with Crippen molar-refractivity contribution < 1.29 is 0 Å². The summed E-state index contributed by atoms with van der Waals surface area (Å²) in [7, 11) is 0. The van der Waals surface area contributed by atoms with Gasteiger partial charge in [0.15, 0.2) is 0 Å². The van der Waals surface area contributed by atoms with Gasteiger partial charge >= 0.3 is 0 Å². The first-order valence-electron chi connectivity index (χ1n) is 4.00. The number of fused-ring (bicyclic) bond motifs is 2. The molecule has 0 bridgehead atoms. The third-order valence-corrected chi connectivity index (χ3v) is 3.80. The lowest BCUT2D eigenvalue weighted by atomic mass is 10.3. The quantitative estimate of drug-likeness (QED) is 0.707. The van der Waals surface area contributed by atoms with Crippen molar-refractivity contribution in [2.75, 3.05) is 5.73 Å². The Bertz CT molecular complexity index is 573. The van der Waals surface area contributed by atoms with Crippen molar-refractivity contribution in [2.45, 2.75) is 11.5 Å². The number of thioether (sulfide) groups is 1. The molecule has 0 unspecified atom stereocenters. The molecule has 0 amide bonds. The SMILES string of the molecule is Nc1nn2c(=O)c3c(nc2s1)CSC3. The highest BCUT2D eigenvalue weighted by atomic mass is 32.2. The molecule has 5 nitrogen and oxygen atoms in total. The average Bonchev–Trinajstić information content (AvgIpc) is 2.71. The number of aromatic nitrogens is 3. The molecule has 0 atom stereocenters. The molecule has 0 spiro atoms. The van der Waals surface area contributed by atoms with E-state index in [1.807, 2.05) is 0 Å². The van der Waals surface area contributed by atoms with Gasteiger partial charge in [-0.25, -0.2) is 4.98 Å². The number of nitrogens with zero attached hydrogens (tertiary/aromatic N) is 3. The fourth-order valence-electron chi connectivity index (χ4n) is 1.45. The minimum absolute atomic E-state index is 0.0667. The van der Waals surface area contributed by atoms with Gasteiger partial charge in [-0.1, -0.05) is 11.3 Å². The van der Waals surface area contributed by atoms with Gasteiger partial charge in [-0.15, -0.1) is 5.10 Å². The predicted molar refractivity (Wildman–Crippen MR) is 56.5 cm³/mol. The average molecular weight is 226 g/mol. The summed E-state index contributed by atoms with van der Waals surface area (Å²) in [4.78, 5) is 16.8. The van der Waals surface area contributed by atoms with Crippen LogP contribution < -0.4 is 11.3 Å². The van der Waals surface area contributed by atoms with Crippen LogP contribution in [0, 0.1) is 0 Å². The summed E-state index contributed by atoms with van der Waals surface area (Å²) in [5.41, 5.74) is 7.12. The van der Waals surface area contributed by atoms with E-state index in [2.05, 4.69) is 10.1 Å². The monoisotopic (exact) mass is 226 g/mol. The fourth-order valence-corrected chi connectivity index (χ4v) is 3.15. The lowest BCUT2D eigenvalue weighted by Gasteiger charge is -1.95. The van der Waals surface area contributed by atoms with E-state index in [4.69, 9.17) is 5.73 Å². The predicted octanol–water partition coefficient (Wildman–Crippen LogP) is 0.480. The van der Waals surface area contributed by atoms with Gasteiger partial charge in [0, 0.05) is 11.5 Å². The van der Waals surface area contributed by atoms with E-state index in [0.29, 0.717) is 10.1 Å². The Morgan fingerprint density at radius 1 is 1.43 bits per heavy atom. The van der Waals surface area contributed by atoms with Crippen molar-refractivity contribution in [3.63, 3.8) is 0 Å². The Hall–Kier alpha value is -1.08. The zero-order valence-corrected chi connectivity index (χ0v) is 8.69. The molecule has 0 aliphatic carbocycles. The second-order valence-electron chi connectivity index (χ2n) is 2.97. The standard InChI is InChI=1S/C7H6N4OS2/c8-6-10-11-5(12)3-1-13-2-4(3)9-7(11)14-6/h1-2H2,(H2,8,10). The Morgan fingerprint density at radius 3 is 3.14 bits per heavy atom. The first-order valence-corrected chi connectivity index (χ1v) is 5.97. The normalized spacial score (nSPS) is 14.9. The van der Waals surface area contributed by atoms with Gasteiger partial charge in [0.2, 0.25) is 10.1 Å². The number of nitrogen functional groups attached to an aromatic ring is 1. The van der Waals surface area contributed by atoms with Crippen LogP contribution in [0.1, 0.15) is 11.3 Å². The molecule has 7 heteroatoms. The van der Waals surface area contributed by atoms with Crippen molar-refractivity contribution in [1.82, 2.24) is 14.6 Å². The van der Waals surface area contributed by atoms with E-state index >= 15 is 0 Å². The van der Waals surface area contributed by atoms with Crippen LogP contribution in [0.2, 0.25) is 0 Å². The number of hydrogen-bond acceptors (Lipinski definition) is 6. The zero-order valence-electron chi connectivity index (χ0n) is 7.06. The number of hydrogen-bond donors (Lipinski definition) is 1. The third-order valence-electron chi connectivity index (χ3n) is 2.09. The maximum Gasteiger partial charge on any atom is 0.279 e. The topological polar surface area (TPSA) is 73.3 Å². The molecule has 1 aliphatic heterocycles. The molecule has 2 aromatic heterocycles. The summed E-state index contributed by atoms with van der Waals surface area (Å²) in [6.07, 6.45) is 0. The molecule has 0 aromatic carbocycles. The molecule has 1 aliphatic rings. The maximum absolute atomic E-state index is 11.8. The minimum Gasteiger partial charge on any atom is -0.374 e. The molecule has 2 aromatic rings. The lowest BCUT2D eigenvalue weighted by molar-refractivity contribution is 0.879. The smallest absolute Gasteiger partial charge is 0.279 e.